The molecule has 0 N–H and O–H groups in total. The van der Waals surface area contributed by atoms with Crippen LogP contribution in [-0.2, 0) is 5.75 Å². The number of rotatable bonds is 3. The molecule has 0 saturated carbocycles. The van der Waals surface area contributed by atoms with E-state index < -0.39 is 0 Å². The third-order valence-corrected chi connectivity index (χ3v) is 3.89. The zero-order valence-electron chi connectivity index (χ0n) is 9.41. The van der Waals surface area contributed by atoms with Gasteiger partial charge in [0, 0.05) is 15.1 Å². The van der Waals surface area contributed by atoms with E-state index in [0.29, 0.717) is 0 Å². The molecule has 0 aromatic heterocycles. The Morgan fingerprint density at radius 2 is 1.82 bits per heavy atom. The van der Waals surface area contributed by atoms with E-state index >= 15 is 0 Å². The average Bonchev–Trinajstić information content (AvgIpc) is 2.27. The smallest absolute Gasteiger partial charge is 0.124 e. The molecule has 0 aliphatic carbocycles. The van der Waals surface area contributed by atoms with Crippen molar-refractivity contribution in [1.29, 1.82) is 0 Å². The fourth-order valence-electron chi connectivity index (χ4n) is 1.50. The van der Waals surface area contributed by atoms with Gasteiger partial charge in [0.05, 0.1) is 0 Å². The molecule has 88 valence electrons. The van der Waals surface area contributed by atoms with Gasteiger partial charge in [0.1, 0.15) is 5.82 Å². The zero-order valence-corrected chi connectivity index (χ0v) is 11.8. The van der Waals surface area contributed by atoms with Crippen LogP contribution in [-0.4, -0.2) is 0 Å². The Labute approximate surface area is 113 Å². The predicted molar refractivity (Wildman–Crippen MR) is 74.8 cm³/mol. The van der Waals surface area contributed by atoms with Crippen molar-refractivity contribution in [2.24, 2.45) is 0 Å². The van der Waals surface area contributed by atoms with Crippen molar-refractivity contribution in [1.82, 2.24) is 0 Å². The van der Waals surface area contributed by atoms with Gasteiger partial charge in [-0.25, -0.2) is 4.39 Å². The van der Waals surface area contributed by atoms with Gasteiger partial charge in [-0.05, 0) is 42.8 Å². The van der Waals surface area contributed by atoms with Crippen molar-refractivity contribution < 1.29 is 4.39 Å². The highest BCUT2D eigenvalue weighted by atomic mass is 79.9. The molecule has 0 heterocycles. The largest absolute Gasteiger partial charge is 0.207 e. The summed E-state index contributed by atoms with van der Waals surface area (Å²) in [6.07, 6.45) is 0. The summed E-state index contributed by atoms with van der Waals surface area (Å²) in [5.41, 5.74) is 2.24. The molecule has 2 rings (SSSR count). The minimum atomic E-state index is -0.195. The second-order valence-electron chi connectivity index (χ2n) is 3.88. The van der Waals surface area contributed by atoms with Gasteiger partial charge in [-0.1, -0.05) is 33.6 Å². The lowest BCUT2D eigenvalue weighted by atomic mass is 10.2. The Kier molecular flexibility index (Phi) is 4.24. The van der Waals surface area contributed by atoms with Crippen LogP contribution in [0.2, 0.25) is 0 Å². The Morgan fingerprint density at radius 1 is 1.12 bits per heavy atom. The van der Waals surface area contributed by atoms with E-state index in [0.717, 1.165) is 15.8 Å². The fraction of sp³-hybridized carbons (Fsp3) is 0.143. The molecule has 0 bridgehead atoms. The summed E-state index contributed by atoms with van der Waals surface area (Å²) >= 11 is 5.01. The van der Waals surface area contributed by atoms with E-state index in [1.54, 1.807) is 17.8 Å². The van der Waals surface area contributed by atoms with Crippen molar-refractivity contribution in [3.63, 3.8) is 0 Å². The van der Waals surface area contributed by atoms with Crippen LogP contribution >= 0.6 is 27.7 Å². The van der Waals surface area contributed by atoms with Gasteiger partial charge in [0.2, 0.25) is 0 Å². The molecule has 0 amide bonds. The van der Waals surface area contributed by atoms with Crippen LogP contribution < -0.4 is 0 Å². The summed E-state index contributed by atoms with van der Waals surface area (Å²) in [5.74, 6) is 0.582. The Hall–Kier alpha value is -0.800. The maximum Gasteiger partial charge on any atom is 0.124 e. The van der Waals surface area contributed by atoms with Crippen LogP contribution in [0.25, 0.3) is 0 Å². The highest BCUT2D eigenvalue weighted by molar-refractivity contribution is 9.10. The summed E-state index contributed by atoms with van der Waals surface area (Å²) in [7, 11) is 0. The highest BCUT2D eigenvalue weighted by Crippen LogP contribution is 2.25. The fourth-order valence-corrected chi connectivity index (χ4v) is 2.84. The standard InChI is InChI=1S/C14H12BrFS/c1-10-2-4-14(5-3-10)17-9-11-6-12(15)8-13(16)7-11/h2-8H,9H2,1H3. The van der Waals surface area contributed by atoms with Gasteiger partial charge in [-0.3, -0.25) is 0 Å². The number of benzene rings is 2. The lowest BCUT2D eigenvalue weighted by molar-refractivity contribution is 0.625. The van der Waals surface area contributed by atoms with E-state index in [4.69, 9.17) is 0 Å². The molecule has 2 aromatic rings. The summed E-state index contributed by atoms with van der Waals surface area (Å²) in [6.45, 7) is 2.07. The quantitative estimate of drug-likeness (QED) is 0.703. The minimum absolute atomic E-state index is 0.195. The highest BCUT2D eigenvalue weighted by Gasteiger charge is 2.00. The van der Waals surface area contributed by atoms with Gasteiger partial charge in [-0.15, -0.1) is 11.8 Å². The second kappa shape index (κ2) is 5.69. The molecule has 3 heteroatoms. The first-order valence-corrected chi connectivity index (χ1v) is 7.06. The van der Waals surface area contributed by atoms with Crippen LogP contribution in [0, 0.1) is 12.7 Å². The Bertz CT molecular complexity index is 488. The average molecular weight is 311 g/mol. The maximum absolute atomic E-state index is 13.2. The SMILES string of the molecule is Cc1ccc(SCc2cc(F)cc(Br)c2)cc1. The molecular weight excluding hydrogens is 299 g/mol. The third-order valence-electron chi connectivity index (χ3n) is 2.35. The lowest BCUT2D eigenvalue weighted by Crippen LogP contribution is -1.84. The van der Waals surface area contributed by atoms with Crippen LogP contribution in [0.15, 0.2) is 51.8 Å². The second-order valence-corrected chi connectivity index (χ2v) is 5.84. The number of halogens is 2. The normalized spacial score (nSPS) is 10.5. The topological polar surface area (TPSA) is 0 Å². The molecule has 2 aromatic carbocycles. The van der Waals surface area contributed by atoms with Crippen molar-refractivity contribution in [2.45, 2.75) is 17.6 Å². The molecule has 17 heavy (non-hydrogen) atoms. The van der Waals surface area contributed by atoms with Crippen molar-refractivity contribution >= 4 is 27.7 Å². The van der Waals surface area contributed by atoms with Gasteiger partial charge in [-0.2, -0.15) is 0 Å². The summed E-state index contributed by atoms with van der Waals surface area (Å²) < 4.78 is 14.0. The van der Waals surface area contributed by atoms with Crippen LogP contribution in [0.3, 0.4) is 0 Å². The number of hydrogen-bond acceptors (Lipinski definition) is 1. The zero-order chi connectivity index (χ0) is 12.3. The maximum atomic E-state index is 13.2. The van der Waals surface area contributed by atoms with Gasteiger partial charge in [0.15, 0.2) is 0 Å². The van der Waals surface area contributed by atoms with Gasteiger partial charge >= 0.3 is 0 Å². The first-order chi connectivity index (χ1) is 8.13. The number of thioether (sulfide) groups is 1. The van der Waals surface area contributed by atoms with Gasteiger partial charge < -0.3 is 0 Å². The van der Waals surface area contributed by atoms with Crippen molar-refractivity contribution in [3.8, 4) is 0 Å². The van der Waals surface area contributed by atoms with Crippen LogP contribution in [0.1, 0.15) is 11.1 Å². The molecule has 0 aliphatic rings. The summed E-state index contributed by atoms with van der Waals surface area (Å²) in [4.78, 5) is 1.20. The Balaban J connectivity index is 2.04. The molecule has 0 radical (unpaired) electrons. The first kappa shape index (κ1) is 12.7. The van der Waals surface area contributed by atoms with E-state index in [-0.39, 0.29) is 5.82 Å². The Morgan fingerprint density at radius 3 is 2.47 bits per heavy atom. The molecule has 0 unspecified atom stereocenters. The van der Waals surface area contributed by atoms with E-state index in [1.165, 1.54) is 16.5 Å². The molecule has 0 spiro atoms. The van der Waals surface area contributed by atoms with E-state index in [1.807, 2.05) is 6.07 Å². The van der Waals surface area contributed by atoms with Crippen LogP contribution in [0.5, 0.6) is 0 Å². The molecule has 0 fully saturated rings. The molecule has 0 saturated heterocycles. The minimum Gasteiger partial charge on any atom is -0.207 e. The molecule has 0 atom stereocenters. The first-order valence-electron chi connectivity index (χ1n) is 5.28. The van der Waals surface area contributed by atoms with Crippen molar-refractivity contribution in [3.05, 3.63) is 63.9 Å². The molecule has 0 nitrogen and oxygen atoms in total. The summed E-state index contributed by atoms with van der Waals surface area (Å²) in [5, 5.41) is 0. The van der Waals surface area contributed by atoms with Crippen LogP contribution in [0.4, 0.5) is 4.39 Å². The van der Waals surface area contributed by atoms with E-state index in [2.05, 4.69) is 47.1 Å². The monoisotopic (exact) mass is 310 g/mol. The number of hydrogen-bond donors (Lipinski definition) is 0. The summed E-state index contributed by atoms with van der Waals surface area (Å²) in [6, 6.07) is 13.4. The third kappa shape index (κ3) is 3.86. The van der Waals surface area contributed by atoms with E-state index in [9.17, 15) is 4.39 Å². The molecular formula is C14H12BrFS. The van der Waals surface area contributed by atoms with Gasteiger partial charge in [0.25, 0.3) is 0 Å². The lowest BCUT2D eigenvalue weighted by Gasteiger charge is -2.03. The molecule has 0 aliphatic heterocycles. The number of aryl methyl sites for hydroxylation is 1. The predicted octanol–water partition coefficient (Wildman–Crippen LogP) is 5.19. The van der Waals surface area contributed by atoms with Crippen molar-refractivity contribution in [2.75, 3.05) is 0 Å².